The standard InChI is InChI=1S/C7H13NO3S/c1-6(9)7-3-4-8(5-7)12(2,10)11/h7H,3-5H2,1-2H3. The van der Waals surface area contributed by atoms with Crippen LogP contribution in [0.5, 0.6) is 0 Å². The highest BCUT2D eigenvalue weighted by Gasteiger charge is 2.30. The van der Waals surface area contributed by atoms with Crippen LogP contribution >= 0.6 is 0 Å². The fraction of sp³-hybridized carbons (Fsp3) is 0.857. The molecule has 0 aromatic rings. The van der Waals surface area contributed by atoms with Gasteiger partial charge in [-0.1, -0.05) is 0 Å². The number of hydrogen-bond donors (Lipinski definition) is 0. The van der Waals surface area contributed by atoms with Crippen LogP contribution in [-0.4, -0.2) is 37.9 Å². The summed E-state index contributed by atoms with van der Waals surface area (Å²) < 4.78 is 23.4. The lowest BCUT2D eigenvalue weighted by atomic mass is 10.1. The summed E-state index contributed by atoms with van der Waals surface area (Å²) in [5.74, 6) is 0.000810. The zero-order valence-corrected chi connectivity index (χ0v) is 8.10. The molecule has 0 radical (unpaired) electrons. The Morgan fingerprint density at radius 2 is 2.08 bits per heavy atom. The molecule has 0 spiro atoms. The van der Waals surface area contributed by atoms with Crippen molar-refractivity contribution in [2.24, 2.45) is 5.92 Å². The second-order valence-corrected chi connectivity index (χ2v) is 5.20. The predicted octanol–water partition coefficient (Wildman–Crippen LogP) is -0.143. The first-order chi connectivity index (χ1) is 5.41. The van der Waals surface area contributed by atoms with E-state index in [1.165, 1.54) is 17.5 Å². The molecule has 1 saturated heterocycles. The number of ketones is 1. The van der Waals surface area contributed by atoms with Gasteiger partial charge >= 0.3 is 0 Å². The third-order valence-corrected chi connectivity index (χ3v) is 3.46. The van der Waals surface area contributed by atoms with Crippen LogP contribution in [0.15, 0.2) is 0 Å². The van der Waals surface area contributed by atoms with Crippen LogP contribution in [0.2, 0.25) is 0 Å². The molecular weight excluding hydrogens is 178 g/mol. The summed E-state index contributed by atoms with van der Waals surface area (Å²) in [5.41, 5.74) is 0. The smallest absolute Gasteiger partial charge is 0.211 e. The van der Waals surface area contributed by atoms with Gasteiger partial charge in [-0.3, -0.25) is 4.79 Å². The van der Waals surface area contributed by atoms with E-state index in [0.29, 0.717) is 19.5 Å². The molecule has 0 saturated carbocycles. The van der Waals surface area contributed by atoms with E-state index < -0.39 is 10.0 Å². The summed E-state index contributed by atoms with van der Waals surface area (Å²) in [6, 6.07) is 0. The molecule has 1 heterocycles. The topological polar surface area (TPSA) is 54.5 Å². The Kier molecular flexibility index (Phi) is 2.53. The van der Waals surface area contributed by atoms with Crippen molar-refractivity contribution in [3.8, 4) is 0 Å². The van der Waals surface area contributed by atoms with Crippen LogP contribution in [0.4, 0.5) is 0 Å². The van der Waals surface area contributed by atoms with Crippen molar-refractivity contribution in [2.75, 3.05) is 19.3 Å². The molecule has 4 nitrogen and oxygen atoms in total. The van der Waals surface area contributed by atoms with Crippen LogP contribution in [0.1, 0.15) is 13.3 Å². The fourth-order valence-electron chi connectivity index (χ4n) is 1.36. The maximum atomic E-state index is 11.0. The lowest BCUT2D eigenvalue weighted by Crippen LogP contribution is -2.28. The summed E-state index contributed by atoms with van der Waals surface area (Å²) in [6.45, 7) is 2.37. The lowest BCUT2D eigenvalue weighted by molar-refractivity contribution is -0.120. The van der Waals surface area contributed by atoms with Crippen molar-refractivity contribution < 1.29 is 13.2 Å². The van der Waals surface area contributed by atoms with Gasteiger partial charge in [-0.05, 0) is 13.3 Å². The van der Waals surface area contributed by atoms with E-state index >= 15 is 0 Å². The van der Waals surface area contributed by atoms with Gasteiger partial charge < -0.3 is 0 Å². The van der Waals surface area contributed by atoms with Crippen molar-refractivity contribution in [2.45, 2.75) is 13.3 Å². The number of sulfonamides is 1. The number of carbonyl (C=O) groups excluding carboxylic acids is 1. The quantitative estimate of drug-likeness (QED) is 0.610. The van der Waals surface area contributed by atoms with Crippen LogP contribution in [0.25, 0.3) is 0 Å². The first kappa shape index (κ1) is 9.67. The van der Waals surface area contributed by atoms with Gasteiger partial charge in [-0.15, -0.1) is 0 Å². The molecule has 1 rings (SSSR count). The van der Waals surface area contributed by atoms with Crippen LogP contribution in [0.3, 0.4) is 0 Å². The highest BCUT2D eigenvalue weighted by Crippen LogP contribution is 2.18. The van der Waals surface area contributed by atoms with E-state index in [4.69, 9.17) is 0 Å². The summed E-state index contributed by atoms with van der Waals surface area (Å²) >= 11 is 0. The SMILES string of the molecule is CC(=O)C1CCN(S(C)(=O)=O)C1. The minimum Gasteiger partial charge on any atom is -0.300 e. The Labute approximate surface area is 72.6 Å². The van der Waals surface area contributed by atoms with Gasteiger partial charge in [0.15, 0.2) is 0 Å². The molecule has 0 bridgehead atoms. The van der Waals surface area contributed by atoms with Crippen molar-refractivity contribution in [3.63, 3.8) is 0 Å². The zero-order chi connectivity index (χ0) is 9.35. The molecular formula is C7H13NO3S. The molecule has 1 unspecified atom stereocenters. The minimum absolute atomic E-state index is 0.0836. The van der Waals surface area contributed by atoms with Crippen molar-refractivity contribution >= 4 is 15.8 Å². The molecule has 0 amide bonds. The van der Waals surface area contributed by atoms with Crippen LogP contribution in [0, 0.1) is 5.92 Å². The normalized spacial score (nSPS) is 26.0. The molecule has 0 aromatic heterocycles. The Balaban J connectivity index is 2.64. The molecule has 0 N–H and O–H groups in total. The molecule has 70 valence electrons. The molecule has 0 aromatic carbocycles. The van der Waals surface area contributed by atoms with E-state index in [0.717, 1.165) is 0 Å². The molecule has 1 atom stereocenters. The third kappa shape index (κ3) is 2.04. The summed E-state index contributed by atoms with van der Waals surface area (Å²) in [7, 11) is -3.09. The second kappa shape index (κ2) is 3.14. The Morgan fingerprint density at radius 3 is 2.33 bits per heavy atom. The number of hydrogen-bond acceptors (Lipinski definition) is 3. The van der Waals surface area contributed by atoms with Crippen LogP contribution < -0.4 is 0 Å². The monoisotopic (exact) mass is 191 g/mol. The maximum Gasteiger partial charge on any atom is 0.211 e. The number of Topliss-reactive ketones (excluding diaryl/α,β-unsaturated/α-hetero) is 1. The largest absolute Gasteiger partial charge is 0.300 e. The van der Waals surface area contributed by atoms with Gasteiger partial charge in [0.2, 0.25) is 10.0 Å². The minimum atomic E-state index is -3.09. The Hall–Kier alpha value is -0.420. The number of rotatable bonds is 2. The van der Waals surface area contributed by atoms with Gasteiger partial charge in [0.25, 0.3) is 0 Å². The summed E-state index contributed by atoms with van der Waals surface area (Å²) in [5, 5.41) is 0. The van der Waals surface area contributed by atoms with E-state index in [1.807, 2.05) is 0 Å². The molecule has 5 heteroatoms. The van der Waals surface area contributed by atoms with E-state index in [2.05, 4.69) is 0 Å². The van der Waals surface area contributed by atoms with Gasteiger partial charge in [-0.2, -0.15) is 0 Å². The van der Waals surface area contributed by atoms with Gasteiger partial charge in [0.1, 0.15) is 5.78 Å². The zero-order valence-electron chi connectivity index (χ0n) is 7.28. The first-order valence-corrected chi connectivity index (χ1v) is 5.71. The summed E-state index contributed by atoms with van der Waals surface area (Å²) in [4.78, 5) is 10.9. The lowest BCUT2D eigenvalue weighted by Gasteiger charge is -2.11. The molecule has 1 fully saturated rings. The average molecular weight is 191 g/mol. The predicted molar refractivity (Wildman–Crippen MR) is 45.2 cm³/mol. The Bertz CT molecular complexity index is 283. The molecule has 12 heavy (non-hydrogen) atoms. The Morgan fingerprint density at radius 1 is 1.50 bits per heavy atom. The van der Waals surface area contributed by atoms with Gasteiger partial charge in [-0.25, -0.2) is 12.7 Å². The van der Waals surface area contributed by atoms with Crippen molar-refractivity contribution in [3.05, 3.63) is 0 Å². The summed E-state index contributed by atoms with van der Waals surface area (Å²) in [6.07, 6.45) is 1.85. The fourth-order valence-corrected chi connectivity index (χ4v) is 2.25. The van der Waals surface area contributed by atoms with E-state index in [-0.39, 0.29) is 11.7 Å². The average Bonchev–Trinajstić information content (AvgIpc) is 2.30. The second-order valence-electron chi connectivity index (χ2n) is 3.22. The van der Waals surface area contributed by atoms with E-state index in [1.54, 1.807) is 0 Å². The van der Waals surface area contributed by atoms with Gasteiger partial charge in [0, 0.05) is 19.0 Å². The highest BCUT2D eigenvalue weighted by atomic mass is 32.2. The number of carbonyl (C=O) groups is 1. The highest BCUT2D eigenvalue weighted by molar-refractivity contribution is 7.88. The third-order valence-electron chi connectivity index (χ3n) is 2.19. The van der Waals surface area contributed by atoms with E-state index in [9.17, 15) is 13.2 Å². The van der Waals surface area contributed by atoms with Crippen molar-refractivity contribution in [1.29, 1.82) is 0 Å². The number of nitrogens with zero attached hydrogens (tertiary/aromatic N) is 1. The molecule has 1 aliphatic heterocycles. The molecule has 0 aliphatic carbocycles. The van der Waals surface area contributed by atoms with Crippen LogP contribution in [-0.2, 0) is 14.8 Å². The van der Waals surface area contributed by atoms with Gasteiger partial charge in [0.05, 0.1) is 6.26 Å². The maximum absolute atomic E-state index is 11.0. The first-order valence-electron chi connectivity index (χ1n) is 3.87. The van der Waals surface area contributed by atoms with Crippen molar-refractivity contribution in [1.82, 2.24) is 4.31 Å². The molecule has 1 aliphatic rings.